The minimum Gasteiger partial charge on any atom is -0.294 e. The van der Waals surface area contributed by atoms with Gasteiger partial charge in [0.25, 0.3) is 10.0 Å². The highest BCUT2D eigenvalue weighted by Gasteiger charge is 2.33. The van der Waals surface area contributed by atoms with Crippen LogP contribution in [0.25, 0.3) is 0 Å². The first kappa shape index (κ1) is 22.8. The molecule has 3 aromatic rings. The lowest BCUT2D eigenvalue weighted by Gasteiger charge is -2.33. The Balaban J connectivity index is 1.72. The molecule has 0 unspecified atom stereocenters. The zero-order chi connectivity index (χ0) is 23.0. The van der Waals surface area contributed by atoms with Gasteiger partial charge in [0.1, 0.15) is 0 Å². The van der Waals surface area contributed by atoms with Crippen LogP contribution in [-0.2, 0) is 22.9 Å². The monoisotopic (exact) mass is 488 g/mol. The quantitative estimate of drug-likeness (QED) is 0.444. The smallest absolute Gasteiger partial charge is 0.264 e. The number of aryl methyl sites for hydroxylation is 1. The molecular formula is C24H22Cl2N2O3S. The van der Waals surface area contributed by atoms with Crippen LogP contribution in [0.15, 0.2) is 59.6 Å². The minimum absolute atomic E-state index is 0.0115. The number of rotatable bonds is 5. The van der Waals surface area contributed by atoms with E-state index in [1.54, 1.807) is 48.7 Å². The summed E-state index contributed by atoms with van der Waals surface area (Å²) in [6, 6.07) is 13.5. The Hall–Kier alpha value is -2.41. The molecule has 32 heavy (non-hydrogen) atoms. The number of ketones is 1. The van der Waals surface area contributed by atoms with E-state index < -0.39 is 10.0 Å². The fourth-order valence-corrected chi connectivity index (χ4v) is 6.25. The molecule has 0 bridgehead atoms. The summed E-state index contributed by atoms with van der Waals surface area (Å²) in [4.78, 5) is 17.6. The van der Waals surface area contributed by atoms with E-state index in [1.165, 1.54) is 4.31 Å². The number of hydrogen-bond acceptors (Lipinski definition) is 4. The van der Waals surface area contributed by atoms with Gasteiger partial charge in [0, 0.05) is 19.2 Å². The number of hydrogen-bond donors (Lipinski definition) is 0. The van der Waals surface area contributed by atoms with Crippen molar-refractivity contribution in [3.05, 3.63) is 87.2 Å². The first-order chi connectivity index (χ1) is 15.2. The van der Waals surface area contributed by atoms with Gasteiger partial charge in [-0.05, 0) is 60.7 Å². The number of pyridine rings is 1. The molecule has 4 rings (SSSR count). The topological polar surface area (TPSA) is 67.3 Å². The maximum Gasteiger partial charge on any atom is 0.264 e. The predicted octanol–water partition coefficient (Wildman–Crippen LogP) is 5.51. The average molecular weight is 489 g/mol. The van der Waals surface area contributed by atoms with Crippen molar-refractivity contribution in [2.24, 2.45) is 5.92 Å². The Morgan fingerprint density at radius 3 is 2.50 bits per heavy atom. The Labute approximate surface area is 198 Å². The molecule has 1 aliphatic rings. The standard InChI is InChI=1S/C24H22Cl2N2O3S/c1-15-5-3-6-18(9-15)32(30,31)28-14-16(2)10-21-22(28)11-17(13-27-21)12-23(29)24-19(25)7-4-8-20(24)26/h3-9,11,13,16H,10,12,14H2,1-2H3/t16-/m1/s1. The van der Waals surface area contributed by atoms with Crippen molar-refractivity contribution in [2.45, 2.75) is 31.6 Å². The Morgan fingerprint density at radius 1 is 1.12 bits per heavy atom. The Morgan fingerprint density at radius 2 is 1.81 bits per heavy atom. The van der Waals surface area contributed by atoms with Gasteiger partial charge in [-0.3, -0.25) is 14.1 Å². The number of Topliss-reactive ketones (excluding diaryl/α,β-unsaturated/α-hetero) is 1. The van der Waals surface area contributed by atoms with Crippen molar-refractivity contribution in [3.63, 3.8) is 0 Å². The van der Waals surface area contributed by atoms with E-state index in [1.807, 2.05) is 19.9 Å². The second-order valence-corrected chi connectivity index (χ2v) is 10.8. The Bertz CT molecular complexity index is 1290. The number of fused-ring (bicyclic) bond motifs is 1. The predicted molar refractivity (Wildman–Crippen MR) is 127 cm³/mol. The van der Waals surface area contributed by atoms with Crippen molar-refractivity contribution >= 4 is 44.7 Å². The van der Waals surface area contributed by atoms with Crippen molar-refractivity contribution in [1.82, 2.24) is 4.98 Å². The van der Waals surface area contributed by atoms with Gasteiger partial charge in [-0.15, -0.1) is 0 Å². The maximum atomic E-state index is 13.5. The molecule has 2 heterocycles. The summed E-state index contributed by atoms with van der Waals surface area (Å²) in [5, 5.41) is 0.566. The molecule has 166 valence electrons. The van der Waals surface area contributed by atoms with E-state index in [0.717, 1.165) is 5.56 Å². The Kier molecular flexibility index (Phi) is 6.30. The lowest BCUT2D eigenvalue weighted by Crippen LogP contribution is -2.39. The number of carbonyl (C=O) groups excluding carboxylic acids is 1. The molecule has 1 aliphatic heterocycles. The van der Waals surface area contributed by atoms with Gasteiger partial charge in [-0.2, -0.15) is 0 Å². The number of carbonyl (C=O) groups is 1. The van der Waals surface area contributed by atoms with Crippen LogP contribution in [0.2, 0.25) is 10.0 Å². The van der Waals surface area contributed by atoms with Crippen molar-refractivity contribution < 1.29 is 13.2 Å². The lowest BCUT2D eigenvalue weighted by molar-refractivity contribution is 0.0993. The van der Waals surface area contributed by atoms with Crippen molar-refractivity contribution in [2.75, 3.05) is 10.8 Å². The van der Waals surface area contributed by atoms with E-state index >= 15 is 0 Å². The van der Waals surface area contributed by atoms with Gasteiger partial charge in [0.05, 0.1) is 31.9 Å². The highest BCUT2D eigenvalue weighted by molar-refractivity contribution is 7.92. The molecule has 0 spiro atoms. The van der Waals surface area contributed by atoms with E-state index in [9.17, 15) is 13.2 Å². The van der Waals surface area contributed by atoms with Crippen molar-refractivity contribution in [3.8, 4) is 0 Å². The number of anilines is 1. The van der Waals surface area contributed by atoms with Crippen LogP contribution in [0, 0.1) is 12.8 Å². The summed E-state index contributed by atoms with van der Waals surface area (Å²) in [5.41, 5.74) is 2.94. The van der Waals surface area contributed by atoms with E-state index in [-0.39, 0.29) is 38.6 Å². The summed E-state index contributed by atoms with van der Waals surface area (Å²) >= 11 is 12.4. The highest BCUT2D eigenvalue weighted by atomic mass is 35.5. The third-order valence-electron chi connectivity index (χ3n) is 5.48. The number of aromatic nitrogens is 1. The van der Waals surface area contributed by atoms with Gasteiger partial charge in [0.2, 0.25) is 0 Å². The molecule has 5 nitrogen and oxygen atoms in total. The molecule has 0 radical (unpaired) electrons. The molecule has 0 saturated heterocycles. The van der Waals surface area contributed by atoms with Crippen LogP contribution in [-0.4, -0.2) is 25.7 Å². The van der Waals surface area contributed by atoms with Gasteiger partial charge in [-0.25, -0.2) is 8.42 Å². The molecule has 1 aromatic heterocycles. The lowest BCUT2D eigenvalue weighted by atomic mass is 9.97. The zero-order valence-corrected chi connectivity index (χ0v) is 20.0. The third-order valence-corrected chi connectivity index (χ3v) is 7.88. The number of nitrogens with zero attached hydrogens (tertiary/aromatic N) is 2. The molecule has 2 aromatic carbocycles. The minimum atomic E-state index is -3.78. The maximum absolute atomic E-state index is 13.5. The fourth-order valence-electron chi connectivity index (χ4n) is 3.94. The van der Waals surface area contributed by atoms with Crippen LogP contribution in [0.5, 0.6) is 0 Å². The van der Waals surface area contributed by atoms with Gasteiger partial charge >= 0.3 is 0 Å². The first-order valence-electron chi connectivity index (χ1n) is 10.2. The fraction of sp³-hybridized carbons (Fsp3) is 0.250. The zero-order valence-electron chi connectivity index (χ0n) is 17.7. The van der Waals surface area contributed by atoms with E-state index in [4.69, 9.17) is 23.2 Å². The number of halogens is 2. The molecule has 1 atom stereocenters. The van der Waals surface area contributed by atoms with Crippen LogP contribution in [0.3, 0.4) is 0 Å². The van der Waals surface area contributed by atoms with Crippen LogP contribution in [0.4, 0.5) is 5.69 Å². The molecular weight excluding hydrogens is 467 g/mol. The summed E-state index contributed by atoms with van der Waals surface area (Å²) < 4.78 is 28.4. The third kappa shape index (κ3) is 4.40. The number of sulfonamides is 1. The summed E-state index contributed by atoms with van der Waals surface area (Å²) in [6.45, 7) is 4.20. The molecule has 8 heteroatoms. The van der Waals surface area contributed by atoms with Gasteiger partial charge in [0.15, 0.2) is 5.78 Å². The SMILES string of the molecule is Cc1cccc(S(=O)(=O)N2C[C@H](C)Cc3ncc(CC(=O)c4c(Cl)cccc4Cl)cc32)c1. The molecule has 0 N–H and O–H groups in total. The molecule has 0 amide bonds. The largest absolute Gasteiger partial charge is 0.294 e. The first-order valence-corrected chi connectivity index (χ1v) is 12.4. The average Bonchev–Trinajstić information content (AvgIpc) is 2.73. The summed E-state index contributed by atoms with van der Waals surface area (Å²) in [6.07, 6.45) is 2.30. The highest BCUT2D eigenvalue weighted by Crippen LogP contribution is 2.34. The molecule has 0 aliphatic carbocycles. The van der Waals surface area contributed by atoms with Gasteiger partial charge < -0.3 is 0 Å². The second kappa shape index (κ2) is 8.85. The van der Waals surface area contributed by atoms with Crippen LogP contribution < -0.4 is 4.31 Å². The van der Waals surface area contributed by atoms with E-state index in [2.05, 4.69) is 4.98 Å². The molecule has 0 saturated carbocycles. The summed E-state index contributed by atoms with van der Waals surface area (Å²) in [5.74, 6) is -0.136. The second-order valence-electron chi connectivity index (χ2n) is 8.17. The summed E-state index contributed by atoms with van der Waals surface area (Å²) in [7, 11) is -3.78. The van der Waals surface area contributed by atoms with E-state index in [0.29, 0.717) is 29.9 Å². The number of benzene rings is 2. The normalized spacial score (nSPS) is 16.0. The van der Waals surface area contributed by atoms with Crippen molar-refractivity contribution in [1.29, 1.82) is 0 Å². The van der Waals surface area contributed by atoms with Crippen LogP contribution >= 0.6 is 23.2 Å². The van der Waals surface area contributed by atoms with Crippen LogP contribution in [0.1, 0.15) is 34.1 Å². The van der Waals surface area contributed by atoms with Gasteiger partial charge in [-0.1, -0.05) is 48.3 Å². The molecule has 0 fully saturated rings.